The van der Waals surface area contributed by atoms with Gasteiger partial charge in [0.15, 0.2) is 11.5 Å². The molecule has 4 aromatic rings. The minimum absolute atomic E-state index is 0.210. The molecule has 0 bridgehead atoms. The van der Waals surface area contributed by atoms with Gasteiger partial charge in [0.05, 0.1) is 17.8 Å². The van der Waals surface area contributed by atoms with Gasteiger partial charge in [-0.3, -0.25) is 14.9 Å². The summed E-state index contributed by atoms with van der Waals surface area (Å²) >= 11 is 6.63. The summed E-state index contributed by atoms with van der Waals surface area (Å²) in [5.74, 6) is -0.851. The van der Waals surface area contributed by atoms with Crippen molar-refractivity contribution in [1.82, 2.24) is 5.32 Å². The van der Waals surface area contributed by atoms with E-state index in [0.29, 0.717) is 22.7 Å². The number of nitrogens with one attached hydrogen (secondary N) is 1. The number of halogens is 1. The molecule has 0 atom stereocenters. The molecule has 0 saturated carbocycles. The number of benzene rings is 4. The summed E-state index contributed by atoms with van der Waals surface area (Å²) in [6, 6.07) is 19.9. The zero-order valence-corrected chi connectivity index (χ0v) is 23.3. The molecule has 40 heavy (non-hydrogen) atoms. The minimum atomic E-state index is -0.802. The van der Waals surface area contributed by atoms with Gasteiger partial charge in [-0.2, -0.15) is 0 Å². The Morgan fingerprint density at radius 1 is 0.925 bits per heavy atom. The van der Waals surface area contributed by atoms with Gasteiger partial charge in [-0.15, -0.1) is 0 Å². The van der Waals surface area contributed by atoms with Gasteiger partial charge in [0.1, 0.15) is 12.2 Å². The smallest absolute Gasteiger partial charge is 0.335 e. The van der Waals surface area contributed by atoms with E-state index in [2.05, 4.69) is 11.4 Å². The summed E-state index contributed by atoms with van der Waals surface area (Å²) in [5, 5.41) is 4.70. The predicted octanol–water partition coefficient (Wildman–Crippen LogP) is 6.67. The summed E-state index contributed by atoms with van der Waals surface area (Å²) in [7, 11) is 1.48. The number of anilines is 1. The van der Waals surface area contributed by atoms with Crippen LogP contribution >= 0.6 is 11.6 Å². The molecule has 0 aromatic heterocycles. The van der Waals surface area contributed by atoms with Crippen molar-refractivity contribution in [2.75, 3.05) is 12.0 Å². The summed E-state index contributed by atoms with van der Waals surface area (Å²) in [4.78, 5) is 39.8. The monoisotopic (exact) mass is 554 g/mol. The lowest BCUT2D eigenvalue weighted by molar-refractivity contribution is -0.122. The molecule has 1 N–H and O–H groups in total. The van der Waals surface area contributed by atoms with Crippen LogP contribution in [0.4, 0.5) is 10.5 Å². The SMILES string of the molecule is COc1cc(/C=C2\C(=O)NC(=O)N(c3cccc(C)c3C)C2=O)cc(Cl)c1OCc1c(C)ccc2ccccc12. The molecule has 0 aliphatic carbocycles. The van der Waals surface area contributed by atoms with E-state index in [1.165, 1.54) is 13.2 Å². The lowest BCUT2D eigenvalue weighted by atomic mass is 10.0. The highest BCUT2D eigenvalue weighted by atomic mass is 35.5. The van der Waals surface area contributed by atoms with Crippen molar-refractivity contribution in [1.29, 1.82) is 0 Å². The fourth-order valence-electron chi connectivity index (χ4n) is 4.76. The third-order valence-corrected chi connectivity index (χ3v) is 7.40. The van der Waals surface area contributed by atoms with E-state index in [0.717, 1.165) is 37.9 Å². The largest absolute Gasteiger partial charge is 0.493 e. The van der Waals surface area contributed by atoms with Gasteiger partial charge in [0.2, 0.25) is 0 Å². The van der Waals surface area contributed by atoms with Crippen molar-refractivity contribution in [3.8, 4) is 11.5 Å². The Morgan fingerprint density at radius 3 is 2.48 bits per heavy atom. The Hall–Kier alpha value is -4.62. The first-order chi connectivity index (χ1) is 19.2. The zero-order valence-electron chi connectivity index (χ0n) is 22.5. The van der Waals surface area contributed by atoms with Gasteiger partial charge in [-0.25, -0.2) is 9.69 Å². The molecule has 1 aliphatic heterocycles. The third-order valence-electron chi connectivity index (χ3n) is 7.12. The van der Waals surface area contributed by atoms with Crippen LogP contribution in [0.25, 0.3) is 16.8 Å². The highest BCUT2D eigenvalue weighted by Gasteiger charge is 2.37. The van der Waals surface area contributed by atoms with E-state index >= 15 is 0 Å². The molecule has 0 unspecified atom stereocenters. The van der Waals surface area contributed by atoms with Crippen LogP contribution in [0.1, 0.15) is 27.8 Å². The van der Waals surface area contributed by atoms with Gasteiger partial charge in [-0.05, 0) is 78.1 Å². The zero-order chi connectivity index (χ0) is 28.6. The number of hydrogen-bond donors (Lipinski definition) is 1. The third kappa shape index (κ3) is 4.92. The second-order valence-electron chi connectivity index (χ2n) is 9.58. The second-order valence-corrected chi connectivity index (χ2v) is 9.99. The molecule has 4 aromatic carbocycles. The number of barbiturate groups is 1. The summed E-state index contributed by atoms with van der Waals surface area (Å²) in [6.45, 7) is 5.98. The van der Waals surface area contributed by atoms with Crippen LogP contribution in [0.15, 0.2) is 72.3 Å². The molecule has 0 radical (unpaired) electrons. The number of hydrogen-bond acceptors (Lipinski definition) is 5. The van der Waals surface area contributed by atoms with Crippen molar-refractivity contribution in [2.45, 2.75) is 27.4 Å². The predicted molar refractivity (Wildman–Crippen MR) is 156 cm³/mol. The van der Waals surface area contributed by atoms with Crippen LogP contribution in [0.5, 0.6) is 11.5 Å². The molecular weight excluding hydrogens is 528 g/mol. The number of amides is 4. The van der Waals surface area contributed by atoms with Crippen LogP contribution in [0.2, 0.25) is 5.02 Å². The number of nitrogens with zero attached hydrogens (tertiary/aromatic N) is 1. The van der Waals surface area contributed by atoms with E-state index in [1.54, 1.807) is 24.3 Å². The molecule has 4 amide bonds. The number of fused-ring (bicyclic) bond motifs is 1. The van der Waals surface area contributed by atoms with Crippen molar-refractivity contribution in [3.05, 3.63) is 105 Å². The fourth-order valence-corrected chi connectivity index (χ4v) is 5.04. The van der Waals surface area contributed by atoms with E-state index in [9.17, 15) is 14.4 Å². The highest BCUT2D eigenvalue weighted by molar-refractivity contribution is 6.39. The lowest BCUT2D eigenvalue weighted by Crippen LogP contribution is -2.54. The molecule has 202 valence electrons. The summed E-state index contributed by atoms with van der Waals surface area (Å²) < 4.78 is 11.7. The van der Waals surface area contributed by atoms with Crippen LogP contribution in [0, 0.1) is 20.8 Å². The summed E-state index contributed by atoms with van der Waals surface area (Å²) in [5.41, 5.74) is 4.41. The average molecular weight is 555 g/mol. The quantitative estimate of drug-likeness (QED) is 0.212. The van der Waals surface area contributed by atoms with Gasteiger partial charge < -0.3 is 9.47 Å². The fraction of sp³-hybridized carbons (Fsp3) is 0.156. The molecule has 8 heteroatoms. The maximum atomic E-state index is 13.4. The van der Waals surface area contributed by atoms with Crippen LogP contribution in [-0.2, 0) is 16.2 Å². The van der Waals surface area contributed by atoms with Gasteiger partial charge in [0, 0.05) is 5.56 Å². The molecule has 1 saturated heterocycles. The summed E-state index contributed by atoms with van der Waals surface area (Å²) in [6.07, 6.45) is 1.38. The number of carbonyl (C=O) groups excluding carboxylic acids is 3. The Morgan fingerprint density at radius 2 is 1.70 bits per heavy atom. The second kappa shape index (κ2) is 10.9. The lowest BCUT2D eigenvalue weighted by Gasteiger charge is -2.28. The maximum Gasteiger partial charge on any atom is 0.335 e. The van der Waals surface area contributed by atoms with Crippen molar-refractivity contribution < 1.29 is 23.9 Å². The first-order valence-corrected chi connectivity index (χ1v) is 13.0. The normalized spacial score (nSPS) is 14.6. The number of imide groups is 2. The number of carbonyl (C=O) groups is 3. The van der Waals surface area contributed by atoms with Gasteiger partial charge in [-0.1, -0.05) is 60.1 Å². The molecule has 0 spiro atoms. The van der Waals surface area contributed by atoms with Crippen LogP contribution < -0.4 is 19.7 Å². The number of rotatable bonds is 6. The first-order valence-electron chi connectivity index (χ1n) is 12.6. The number of methoxy groups -OCH3 is 1. The van der Waals surface area contributed by atoms with E-state index in [1.807, 2.05) is 57.2 Å². The molecule has 1 aliphatic rings. The number of ether oxygens (including phenoxy) is 2. The number of aryl methyl sites for hydroxylation is 2. The van der Waals surface area contributed by atoms with Crippen molar-refractivity contribution in [2.24, 2.45) is 0 Å². The van der Waals surface area contributed by atoms with E-state index in [-0.39, 0.29) is 17.2 Å². The Kier molecular flexibility index (Phi) is 7.32. The Bertz CT molecular complexity index is 1730. The maximum absolute atomic E-state index is 13.4. The van der Waals surface area contributed by atoms with Crippen LogP contribution in [0.3, 0.4) is 0 Å². The van der Waals surface area contributed by atoms with Crippen molar-refractivity contribution in [3.63, 3.8) is 0 Å². The molecular formula is C32H27ClN2O5. The molecule has 5 rings (SSSR count). The Balaban J connectivity index is 1.47. The molecule has 1 fully saturated rings. The minimum Gasteiger partial charge on any atom is -0.493 e. The number of urea groups is 1. The standard InChI is InChI=1S/C32H27ClN2O5/c1-18-8-7-11-27(20(18)3)35-31(37)24(30(36)34-32(35)38)14-21-15-26(33)29(28(16-21)39-4)40-17-25-19(2)12-13-22-9-5-6-10-23(22)25/h5-16H,17H2,1-4H3,(H,34,36,38)/b24-14+. The van der Waals surface area contributed by atoms with E-state index in [4.69, 9.17) is 21.1 Å². The Labute approximate surface area is 237 Å². The van der Waals surface area contributed by atoms with E-state index < -0.39 is 17.8 Å². The van der Waals surface area contributed by atoms with Crippen molar-refractivity contribution >= 4 is 52.0 Å². The van der Waals surface area contributed by atoms with Crippen LogP contribution in [-0.4, -0.2) is 25.0 Å². The highest BCUT2D eigenvalue weighted by Crippen LogP contribution is 2.38. The first kappa shape index (κ1) is 27.0. The molecule has 7 nitrogen and oxygen atoms in total. The average Bonchev–Trinajstić information content (AvgIpc) is 2.93. The topological polar surface area (TPSA) is 84.9 Å². The van der Waals surface area contributed by atoms with Gasteiger partial charge in [0.25, 0.3) is 11.8 Å². The molecule has 1 heterocycles. The van der Waals surface area contributed by atoms with Gasteiger partial charge >= 0.3 is 6.03 Å².